The fourth-order valence-corrected chi connectivity index (χ4v) is 4.11. The van der Waals surface area contributed by atoms with E-state index in [9.17, 15) is 8.42 Å². The monoisotopic (exact) mass is 306 g/mol. The number of nitrogens with one attached hydrogen (secondary N) is 1. The normalized spacial score (nSPS) is 11.9. The maximum atomic E-state index is 12.0. The summed E-state index contributed by atoms with van der Waals surface area (Å²) >= 11 is 1.23. The highest BCUT2D eigenvalue weighted by atomic mass is 32.2. The Labute approximate surface area is 119 Å². The molecular weight excluding hydrogens is 284 g/mol. The summed E-state index contributed by atoms with van der Waals surface area (Å²) < 4.78 is 32.2. The third-order valence-electron chi connectivity index (χ3n) is 2.55. The smallest absolute Gasteiger partial charge is 0.250 e. The lowest BCUT2D eigenvalue weighted by molar-refractivity contribution is 0.133. The highest BCUT2D eigenvalue weighted by Gasteiger charge is 2.17. The molecule has 0 fully saturated rings. The molecule has 110 valence electrons. The number of hydrogen-bond donors (Lipinski definition) is 2. The average Bonchev–Trinajstić information content (AvgIpc) is 2.76. The Morgan fingerprint density at radius 3 is 2.74 bits per heavy atom. The van der Waals surface area contributed by atoms with Crippen LogP contribution in [-0.4, -0.2) is 28.2 Å². The van der Waals surface area contributed by atoms with E-state index < -0.39 is 10.0 Å². The van der Waals surface area contributed by atoms with Crippen LogP contribution < -0.4 is 10.5 Å². The molecule has 0 spiro atoms. The first-order valence-corrected chi connectivity index (χ1v) is 8.68. The molecule has 7 heteroatoms. The van der Waals surface area contributed by atoms with Crippen molar-refractivity contribution in [2.45, 2.75) is 37.4 Å². The van der Waals surface area contributed by atoms with E-state index in [2.05, 4.69) is 4.72 Å². The molecule has 0 aliphatic rings. The zero-order valence-electron chi connectivity index (χ0n) is 11.4. The Morgan fingerprint density at radius 1 is 1.42 bits per heavy atom. The SMILES string of the molecule is CCCOCCCNS(=O)(=O)c1cc(C)c(CN)s1. The predicted octanol–water partition coefficient (Wildman–Crippen LogP) is 1.61. The number of sulfonamides is 1. The first-order valence-electron chi connectivity index (χ1n) is 6.38. The lowest BCUT2D eigenvalue weighted by Gasteiger charge is -2.05. The summed E-state index contributed by atoms with van der Waals surface area (Å²) in [5, 5.41) is 0. The number of ether oxygens (including phenoxy) is 1. The van der Waals surface area contributed by atoms with Crippen molar-refractivity contribution in [3.05, 3.63) is 16.5 Å². The summed E-state index contributed by atoms with van der Waals surface area (Å²) in [5.74, 6) is 0. The third-order valence-corrected chi connectivity index (χ3v) is 5.75. The van der Waals surface area contributed by atoms with Gasteiger partial charge in [-0.2, -0.15) is 0 Å². The zero-order valence-corrected chi connectivity index (χ0v) is 13.1. The van der Waals surface area contributed by atoms with Gasteiger partial charge in [-0.15, -0.1) is 11.3 Å². The van der Waals surface area contributed by atoms with Crippen molar-refractivity contribution in [1.82, 2.24) is 4.72 Å². The number of rotatable bonds is 9. The van der Waals surface area contributed by atoms with Gasteiger partial charge in [-0.3, -0.25) is 0 Å². The van der Waals surface area contributed by atoms with Crippen molar-refractivity contribution < 1.29 is 13.2 Å². The molecular formula is C12H22N2O3S2. The second-order valence-corrected chi connectivity index (χ2v) is 7.37. The minimum Gasteiger partial charge on any atom is -0.381 e. The second-order valence-electron chi connectivity index (χ2n) is 4.24. The van der Waals surface area contributed by atoms with Crippen molar-refractivity contribution in [2.24, 2.45) is 5.73 Å². The molecule has 1 heterocycles. The van der Waals surface area contributed by atoms with Crippen LogP contribution >= 0.6 is 11.3 Å². The lowest BCUT2D eigenvalue weighted by atomic mass is 10.3. The molecule has 0 bridgehead atoms. The molecule has 19 heavy (non-hydrogen) atoms. The van der Waals surface area contributed by atoms with Gasteiger partial charge in [0.15, 0.2) is 0 Å². The Kier molecular flexibility index (Phi) is 6.95. The van der Waals surface area contributed by atoms with E-state index >= 15 is 0 Å². The fraction of sp³-hybridized carbons (Fsp3) is 0.667. The first kappa shape index (κ1) is 16.6. The number of nitrogens with two attached hydrogens (primary N) is 1. The molecule has 0 saturated carbocycles. The molecule has 3 N–H and O–H groups in total. The van der Waals surface area contributed by atoms with Crippen LogP contribution in [0.25, 0.3) is 0 Å². The van der Waals surface area contributed by atoms with Gasteiger partial charge in [0, 0.05) is 31.2 Å². The summed E-state index contributed by atoms with van der Waals surface area (Å²) in [6.45, 7) is 5.97. The molecule has 0 aliphatic heterocycles. The predicted molar refractivity (Wildman–Crippen MR) is 77.9 cm³/mol. The van der Waals surface area contributed by atoms with Crippen LogP contribution in [0.2, 0.25) is 0 Å². The van der Waals surface area contributed by atoms with Gasteiger partial charge in [0.1, 0.15) is 4.21 Å². The van der Waals surface area contributed by atoms with Crippen molar-refractivity contribution in [1.29, 1.82) is 0 Å². The summed E-state index contributed by atoms with van der Waals surface area (Å²) in [4.78, 5) is 0.909. The average molecular weight is 306 g/mol. The van der Waals surface area contributed by atoms with Gasteiger partial charge in [-0.05, 0) is 31.4 Å². The van der Waals surface area contributed by atoms with E-state index in [1.54, 1.807) is 6.07 Å². The summed E-state index contributed by atoms with van der Waals surface area (Å²) in [7, 11) is -3.41. The first-order chi connectivity index (χ1) is 9.01. The summed E-state index contributed by atoms with van der Waals surface area (Å²) in [6.07, 6.45) is 1.65. The van der Waals surface area contributed by atoms with Crippen molar-refractivity contribution >= 4 is 21.4 Å². The van der Waals surface area contributed by atoms with Gasteiger partial charge < -0.3 is 10.5 Å². The Hall–Kier alpha value is -0.470. The topological polar surface area (TPSA) is 81.4 Å². The van der Waals surface area contributed by atoms with Crippen LogP contribution in [0.3, 0.4) is 0 Å². The van der Waals surface area contributed by atoms with E-state index in [0.717, 1.165) is 23.5 Å². The minimum atomic E-state index is -3.41. The molecule has 0 aliphatic carbocycles. The number of aryl methyl sites for hydroxylation is 1. The summed E-state index contributed by atoms with van der Waals surface area (Å²) in [5.41, 5.74) is 6.48. The van der Waals surface area contributed by atoms with Crippen molar-refractivity contribution in [3.63, 3.8) is 0 Å². The quantitative estimate of drug-likeness (QED) is 0.679. The van der Waals surface area contributed by atoms with Crippen LogP contribution in [0, 0.1) is 6.92 Å². The molecule has 1 aromatic heterocycles. The van der Waals surface area contributed by atoms with Gasteiger partial charge in [0.25, 0.3) is 0 Å². The number of thiophene rings is 1. The van der Waals surface area contributed by atoms with Crippen LogP contribution in [0.15, 0.2) is 10.3 Å². The van der Waals surface area contributed by atoms with Gasteiger partial charge in [-0.1, -0.05) is 6.92 Å². The molecule has 1 aromatic rings. The highest BCUT2D eigenvalue weighted by molar-refractivity contribution is 7.91. The molecule has 0 saturated heterocycles. The van der Waals surface area contributed by atoms with Crippen LogP contribution in [-0.2, 0) is 21.3 Å². The molecule has 0 unspecified atom stereocenters. The Balaban J connectivity index is 2.47. The fourth-order valence-electron chi connectivity index (χ4n) is 1.52. The molecule has 1 rings (SSSR count). The zero-order chi connectivity index (χ0) is 14.3. The molecule has 5 nitrogen and oxygen atoms in total. The van der Waals surface area contributed by atoms with E-state index in [-0.39, 0.29) is 0 Å². The van der Waals surface area contributed by atoms with E-state index in [1.165, 1.54) is 11.3 Å². The van der Waals surface area contributed by atoms with Gasteiger partial charge in [0.05, 0.1) is 0 Å². The van der Waals surface area contributed by atoms with E-state index in [4.69, 9.17) is 10.5 Å². The van der Waals surface area contributed by atoms with Crippen LogP contribution in [0.1, 0.15) is 30.2 Å². The molecule has 0 atom stereocenters. The summed E-state index contributed by atoms with van der Waals surface area (Å²) in [6, 6.07) is 1.67. The van der Waals surface area contributed by atoms with Crippen LogP contribution in [0.4, 0.5) is 0 Å². The standard InChI is InChI=1S/C12H22N2O3S2/c1-3-6-17-7-4-5-14-19(15,16)12-8-10(2)11(9-13)18-12/h8,14H,3-7,9,13H2,1-2H3. The lowest BCUT2D eigenvalue weighted by Crippen LogP contribution is -2.24. The Morgan fingerprint density at radius 2 is 2.16 bits per heavy atom. The Bertz CT molecular complexity index is 483. The third kappa shape index (κ3) is 5.19. The van der Waals surface area contributed by atoms with Crippen molar-refractivity contribution in [2.75, 3.05) is 19.8 Å². The van der Waals surface area contributed by atoms with E-state index in [1.807, 2.05) is 13.8 Å². The maximum absolute atomic E-state index is 12.0. The highest BCUT2D eigenvalue weighted by Crippen LogP contribution is 2.25. The maximum Gasteiger partial charge on any atom is 0.250 e. The molecule has 0 aromatic carbocycles. The van der Waals surface area contributed by atoms with Crippen LogP contribution in [0.5, 0.6) is 0 Å². The van der Waals surface area contributed by atoms with E-state index in [0.29, 0.717) is 30.3 Å². The second kappa shape index (κ2) is 7.96. The van der Waals surface area contributed by atoms with Crippen molar-refractivity contribution in [3.8, 4) is 0 Å². The largest absolute Gasteiger partial charge is 0.381 e. The minimum absolute atomic E-state index is 0.333. The number of hydrogen-bond acceptors (Lipinski definition) is 5. The van der Waals surface area contributed by atoms with Gasteiger partial charge in [-0.25, -0.2) is 13.1 Å². The molecule has 0 radical (unpaired) electrons. The van der Waals surface area contributed by atoms with Gasteiger partial charge >= 0.3 is 0 Å². The van der Waals surface area contributed by atoms with Gasteiger partial charge in [0.2, 0.25) is 10.0 Å². The molecule has 0 amide bonds.